The number of fused-ring (bicyclic) bond motifs is 3. The SMILES string of the molecule is COC(=O)c1c(C)[nH]c2c(OC(C)=O)cc3c(c12)C(CBr)CN3C(=O)c1cc(NC(=O)c2cc(NC(=O)c3cc(NC(=O)OC(C)(C)C)cn3C)cn2C)cn1C. The number of ether oxygens (including phenoxy) is 3. The van der Waals surface area contributed by atoms with Crippen LogP contribution in [-0.4, -0.2) is 79.0 Å². The summed E-state index contributed by atoms with van der Waals surface area (Å²) >= 11 is 3.58. The third-order valence-electron chi connectivity index (χ3n) is 9.28. The first-order chi connectivity index (χ1) is 26.8. The number of aryl methyl sites for hydroxylation is 4. The predicted molar refractivity (Wildman–Crippen MR) is 216 cm³/mol. The fourth-order valence-corrected chi connectivity index (χ4v) is 7.48. The van der Waals surface area contributed by atoms with E-state index in [2.05, 4.69) is 36.9 Å². The number of amides is 4. The van der Waals surface area contributed by atoms with Gasteiger partial charge in [-0.05, 0) is 51.5 Å². The monoisotopic (exact) mass is 846 g/mol. The number of hydrogen-bond donors (Lipinski definition) is 4. The van der Waals surface area contributed by atoms with E-state index in [0.29, 0.717) is 44.7 Å². The van der Waals surface area contributed by atoms with Crippen molar-refractivity contribution >= 4 is 85.3 Å². The highest BCUT2D eigenvalue weighted by atomic mass is 79.9. The Labute approximate surface area is 335 Å². The number of methoxy groups -OCH3 is 1. The molecular formula is C39H43BrN8O9. The molecule has 1 aliphatic heterocycles. The second-order valence-corrected chi connectivity index (χ2v) is 15.4. The highest BCUT2D eigenvalue weighted by Gasteiger charge is 2.38. The lowest BCUT2D eigenvalue weighted by Crippen LogP contribution is -2.31. The van der Waals surface area contributed by atoms with E-state index in [-0.39, 0.29) is 40.9 Å². The maximum Gasteiger partial charge on any atom is 0.412 e. The Morgan fingerprint density at radius 2 is 1.37 bits per heavy atom. The van der Waals surface area contributed by atoms with Crippen LogP contribution in [0.1, 0.15) is 86.7 Å². The number of aromatic amines is 1. The molecule has 1 atom stereocenters. The van der Waals surface area contributed by atoms with Gasteiger partial charge in [-0.15, -0.1) is 0 Å². The second kappa shape index (κ2) is 15.3. The average Bonchev–Trinajstić information content (AvgIpc) is 3.92. The molecule has 0 saturated heterocycles. The molecule has 1 aromatic carbocycles. The standard InChI is InChI=1S/C39H43BrN8O9/c1-19-30(37(53)55-9)32-31-21(14-40)15-48(25(31)13-29(33(32)41-19)56-20(2)49)36(52)28-12-23(17-47(28)8)43-34(50)26-10-22(16-45(26)6)42-35(51)27-11-24(18-46(27)7)44-38(54)57-39(3,4)5/h10-13,16-18,21,41H,14-15H2,1-9H3,(H,42,51)(H,43,50)(H,44,54). The van der Waals surface area contributed by atoms with Crippen LogP contribution in [0.5, 0.6) is 5.75 Å². The molecule has 0 saturated carbocycles. The van der Waals surface area contributed by atoms with Crippen LogP contribution in [0.2, 0.25) is 0 Å². The number of halogens is 1. The van der Waals surface area contributed by atoms with Crippen LogP contribution in [0, 0.1) is 6.92 Å². The number of nitrogens with one attached hydrogen (secondary N) is 4. The molecule has 5 aromatic rings. The van der Waals surface area contributed by atoms with Gasteiger partial charge in [0, 0.05) is 81.6 Å². The quantitative estimate of drug-likeness (QED) is 0.0758. The van der Waals surface area contributed by atoms with E-state index in [1.54, 1.807) is 98.2 Å². The number of aromatic nitrogens is 4. The summed E-state index contributed by atoms with van der Waals surface area (Å²) < 4.78 is 20.6. The molecule has 1 unspecified atom stereocenters. The zero-order valence-electron chi connectivity index (χ0n) is 32.9. The lowest BCUT2D eigenvalue weighted by atomic mass is 9.95. The van der Waals surface area contributed by atoms with Crippen molar-refractivity contribution in [1.29, 1.82) is 0 Å². The molecule has 18 heteroatoms. The van der Waals surface area contributed by atoms with Crippen LogP contribution in [0.25, 0.3) is 10.9 Å². The summed E-state index contributed by atoms with van der Waals surface area (Å²) in [7, 11) is 6.27. The Balaban J connectivity index is 1.21. The molecular weight excluding hydrogens is 804 g/mol. The van der Waals surface area contributed by atoms with E-state index >= 15 is 0 Å². The molecule has 0 radical (unpaired) electrons. The van der Waals surface area contributed by atoms with Crippen molar-refractivity contribution in [2.45, 2.75) is 46.1 Å². The van der Waals surface area contributed by atoms with Gasteiger partial charge in [-0.25, -0.2) is 9.59 Å². The van der Waals surface area contributed by atoms with Gasteiger partial charge in [-0.2, -0.15) is 0 Å². The number of anilines is 4. The molecule has 4 amide bonds. The van der Waals surface area contributed by atoms with Gasteiger partial charge in [0.2, 0.25) is 0 Å². The van der Waals surface area contributed by atoms with E-state index < -0.39 is 41.4 Å². The first-order valence-corrected chi connectivity index (χ1v) is 18.9. The molecule has 1 aliphatic rings. The lowest BCUT2D eigenvalue weighted by Gasteiger charge is -2.19. The summed E-state index contributed by atoms with van der Waals surface area (Å²) in [6, 6.07) is 6.19. The first-order valence-electron chi connectivity index (χ1n) is 17.8. The van der Waals surface area contributed by atoms with Crippen molar-refractivity contribution in [2.75, 3.05) is 39.8 Å². The molecule has 4 N–H and O–H groups in total. The van der Waals surface area contributed by atoms with Gasteiger partial charge in [0.15, 0.2) is 5.75 Å². The highest BCUT2D eigenvalue weighted by molar-refractivity contribution is 9.09. The highest BCUT2D eigenvalue weighted by Crippen LogP contribution is 2.48. The zero-order valence-corrected chi connectivity index (χ0v) is 34.5. The second-order valence-electron chi connectivity index (χ2n) is 14.7. The fourth-order valence-electron chi connectivity index (χ4n) is 6.95. The molecule has 0 aliphatic carbocycles. The van der Waals surface area contributed by atoms with Crippen molar-refractivity contribution in [3.05, 3.63) is 76.8 Å². The molecule has 0 fully saturated rings. The maximum absolute atomic E-state index is 14.3. The van der Waals surface area contributed by atoms with Crippen molar-refractivity contribution < 1.29 is 43.0 Å². The number of nitrogens with zero attached hydrogens (tertiary/aromatic N) is 4. The van der Waals surface area contributed by atoms with Gasteiger partial charge in [-0.1, -0.05) is 15.9 Å². The number of H-pyrrole nitrogens is 1. The predicted octanol–water partition coefficient (Wildman–Crippen LogP) is 6.19. The van der Waals surface area contributed by atoms with Crippen molar-refractivity contribution in [1.82, 2.24) is 18.7 Å². The minimum Gasteiger partial charge on any atom is -0.465 e. The van der Waals surface area contributed by atoms with Crippen LogP contribution >= 0.6 is 15.9 Å². The van der Waals surface area contributed by atoms with Gasteiger partial charge in [0.05, 0.1) is 40.9 Å². The van der Waals surface area contributed by atoms with Gasteiger partial charge in [0.25, 0.3) is 17.7 Å². The van der Waals surface area contributed by atoms with E-state index in [0.717, 1.165) is 5.56 Å². The van der Waals surface area contributed by atoms with Crippen LogP contribution in [0.3, 0.4) is 0 Å². The minimum atomic E-state index is -0.691. The minimum absolute atomic E-state index is 0.157. The summed E-state index contributed by atoms with van der Waals surface area (Å²) in [6.07, 6.45) is 4.11. The molecule has 5 heterocycles. The van der Waals surface area contributed by atoms with E-state index in [4.69, 9.17) is 14.2 Å². The van der Waals surface area contributed by atoms with E-state index in [1.807, 2.05) is 0 Å². The fraction of sp³-hybridized carbons (Fsp3) is 0.333. The van der Waals surface area contributed by atoms with Crippen molar-refractivity contribution in [3.63, 3.8) is 0 Å². The Kier molecular flexibility index (Phi) is 10.9. The smallest absolute Gasteiger partial charge is 0.412 e. The summed E-state index contributed by atoms with van der Waals surface area (Å²) in [4.78, 5) is 83.1. The van der Waals surface area contributed by atoms with Gasteiger partial charge >= 0.3 is 18.0 Å². The van der Waals surface area contributed by atoms with Crippen LogP contribution < -0.4 is 25.6 Å². The van der Waals surface area contributed by atoms with Crippen LogP contribution in [-0.2, 0) is 35.4 Å². The summed E-state index contributed by atoms with van der Waals surface area (Å²) in [5, 5.41) is 9.19. The molecule has 57 heavy (non-hydrogen) atoms. The number of rotatable bonds is 9. The van der Waals surface area contributed by atoms with Crippen LogP contribution in [0.4, 0.5) is 27.5 Å². The molecule has 17 nitrogen and oxygen atoms in total. The molecule has 0 bridgehead atoms. The molecule has 6 rings (SSSR count). The third-order valence-corrected chi connectivity index (χ3v) is 10.1. The Bertz CT molecular complexity index is 2480. The number of carbonyl (C=O) groups is 6. The topological polar surface area (TPSA) is 200 Å². The van der Waals surface area contributed by atoms with Crippen molar-refractivity contribution in [2.24, 2.45) is 21.1 Å². The average molecular weight is 848 g/mol. The molecule has 4 aromatic heterocycles. The largest absolute Gasteiger partial charge is 0.465 e. The number of carbonyl (C=O) groups excluding carboxylic acids is 6. The van der Waals surface area contributed by atoms with Gasteiger partial charge in [-0.3, -0.25) is 24.5 Å². The summed E-state index contributed by atoms with van der Waals surface area (Å²) in [5.74, 6) is -2.60. The molecule has 300 valence electrons. The van der Waals surface area contributed by atoms with Crippen molar-refractivity contribution in [3.8, 4) is 5.75 Å². The number of hydrogen-bond acceptors (Lipinski definition) is 9. The normalized spacial score (nSPS) is 13.6. The van der Waals surface area contributed by atoms with Crippen LogP contribution in [0.15, 0.2) is 42.9 Å². The third kappa shape index (κ3) is 8.03. The summed E-state index contributed by atoms with van der Waals surface area (Å²) in [5.41, 5.74) is 3.52. The number of benzene rings is 1. The number of esters is 2. The summed E-state index contributed by atoms with van der Waals surface area (Å²) in [6.45, 7) is 8.47. The van der Waals surface area contributed by atoms with Gasteiger partial charge in [0.1, 0.15) is 22.7 Å². The maximum atomic E-state index is 14.3. The van der Waals surface area contributed by atoms with E-state index in [1.165, 1.54) is 26.2 Å². The lowest BCUT2D eigenvalue weighted by molar-refractivity contribution is -0.131. The van der Waals surface area contributed by atoms with Gasteiger partial charge < -0.3 is 48.4 Å². The zero-order chi connectivity index (χ0) is 41.7. The Morgan fingerprint density at radius 1 is 0.842 bits per heavy atom. The molecule has 0 spiro atoms. The number of alkyl halides is 1. The Morgan fingerprint density at radius 3 is 1.88 bits per heavy atom. The van der Waals surface area contributed by atoms with E-state index in [9.17, 15) is 28.8 Å². The first kappa shape index (κ1) is 40.4. The Hall–Kier alpha value is -6.30.